The van der Waals surface area contributed by atoms with Gasteiger partial charge in [0.1, 0.15) is 0 Å². The van der Waals surface area contributed by atoms with Crippen LogP contribution in [0.25, 0.3) is 0 Å². The number of carbonyl (C=O) groups is 1. The maximum Gasteiger partial charge on any atom is 0.229 e. The van der Waals surface area contributed by atoms with Crippen molar-refractivity contribution >= 4 is 21.6 Å². The molecular formula is C13H19N3O3S. The molecule has 6 nitrogen and oxygen atoms in total. The molecular weight excluding hydrogens is 278 g/mol. The fourth-order valence-corrected chi connectivity index (χ4v) is 3.20. The van der Waals surface area contributed by atoms with E-state index in [0.29, 0.717) is 13.1 Å². The van der Waals surface area contributed by atoms with Crippen LogP contribution in [0.5, 0.6) is 0 Å². The van der Waals surface area contributed by atoms with Crippen LogP contribution in [-0.4, -0.2) is 39.7 Å². The van der Waals surface area contributed by atoms with Crippen LogP contribution < -0.4 is 15.4 Å². The minimum atomic E-state index is -3.29. The summed E-state index contributed by atoms with van der Waals surface area (Å²) in [7, 11) is -3.29. The molecule has 0 aliphatic carbocycles. The first-order valence-corrected chi connectivity index (χ1v) is 8.26. The fourth-order valence-electron chi connectivity index (χ4n) is 2.24. The van der Waals surface area contributed by atoms with Crippen LogP contribution in [0, 0.1) is 0 Å². The SMILES string of the molecule is CCNS(=O)(=O)CCNC(=O)C1CNc2ccccc21. The Kier molecular flexibility index (Phi) is 4.61. The van der Waals surface area contributed by atoms with Crippen LogP contribution in [0.3, 0.4) is 0 Å². The van der Waals surface area contributed by atoms with Crippen LogP contribution in [-0.2, 0) is 14.8 Å². The zero-order valence-corrected chi connectivity index (χ0v) is 12.2. The number of rotatable bonds is 6. The van der Waals surface area contributed by atoms with Crippen LogP contribution in [0.1, 0.15) is 18.4 Å². The van der Waals surface area contributed by atoms with Crippen molar-refractivity contribution in [3.8, 4) is 0 Å². The van der Waals surface area contributed by atoms with E-state index in [2.05, 4.69) is 15.4 Å². The maximum atomic E-state index is 12.1. The summed E-state index contributed by atoms with van der Waals surface area (Å²) < 4.78 is 25.3. The highest BCUT2D eigenvalue weighted by Crippen LogP contribution is 2.30. The summed E-state index contributed by atoms with van der Waals surface area (Å²) in [5.74, 6) is -0.504. The summed E-state index contributed by atoms with van der Waals surface area (Å²) in [6, 6.07) is 7.64. The third-order valence-electron chi connectivity index (χ3n) is 3.18. The van der Waals surface area contributed by atoms with Gasteiger partial charge in [-0.1, -0.05) is 25.1 Å². The molecule has 0 spiro atoms. The van der Waals surface area contributed by atoms with Crippen LogP contribution >= 0.6 is 0 Å². The van der Waals surface area contributed by atoms with Crippen LogP contribution in [0.2, 0.25) is 0 Å². The number of anilines is 1. The van der Waals surface area contributed by atoms with Gasteiger partial charge in [0.15, 0.2) is 0 Å². The van der Waals surface area contributed by atoms with Gasteiger partial charge in [0.05, 0.1) is 11.7 Å². The van der Waals surface area contributed by atoms with Gasteiger partial charge in [-0.25, -0.2) is 13.1 Å². The van der Waals surface area contributed by atoms with E-state index in [4.69, 9.17) is 0 Å². The van der Waals surface area contributed by atoms with Crippen molar-refractivity contribution in [2.45, 2.75) is 12.8 Å². The molecule has 20 heavy (non-hydrogen) atoms. The molecule has 1 atom stereocenters. The molecule has 0 saturated carbocycles. The van der Waals surface area contributed by atoms with Crippen LogP contribution in [0.4, 0.5) is 5.69 Å². The number of sulfonamides is 1. The molecule has 110 valence electrons. The Hall–Kier alpha value is -1.60. The molecule has 1 aliphatic heterocycles. The second-order valence-electron chi connectivity index (χ2n) is 4.63. The van der Waals surface area contributed by atoms with Crippen molar-refractivity contribution in [3.05, 3.63) is 29.8 Å². The lowest BCUT2D eigenvalue weighted by Gasteiger charge is -2.11. The minimum Gasteiger partial charge on any atom is -0.384 e. The summed E-state index contributed by atoms with van der Waals surface area (Å²) in [5, 5.41) is 5.85. The van der Waals surface area contributed by atoms with Gasteiger partial charge in [-0.2, -0.15) is 0 Å². The van der Waals surface area contributed by atoms with Crippen molar-refractivity contribution in [1.29, 1.82) is 0 Å². The van der Waals surface area contributed by atoms with Gasteiger partial charge in [-0.05, 0) is 11.6 Å². The van der Waals surface area contributed by atoms with Gasteiger partial charge in [-0.15, -0.1) is 0 Å². The number of nitrogens with one attached hydrogen (secondary N) is 3. The Labute approximate surface area is 119 Å². The lowest BCUT2D eigenvalue weighted by Crippen LogP contribution is -2.36. The molecule has 0 radical (unpaired) electrons. The third kappa shape index (κ3) is 3.49. The van der Waals surface area contributed by atoms with Crippen molar-refractivity contribution in [3.63, 3.8) is 0 Å². The Morgan fingerprint density at radius 1 is 1.40 bits per heavy atom. The van der Waals surface area contributed by atoms with E-state index in [1.807, 2.05) is 24.3 Å². The second-order valence-corrected chi connectivity index (χ2v) is 6.55. The molecule has 0 fully saturated rings. The summed E-state index contributed by atoms with van der Waals surface area (Å²) in [6.07, 6.45) is 0. The molecule has 1 heterocycles. The van der Waals surface area contributed by atoms with Crippen LogP contribution in [0.15, 0.2) is 24.3 Å². The third-order valence-corrected chi connectivity index (χ3v) is 4.65. The molecule has 1 aliphatic rings. The Morgan fingerprint density at radius 2 is 2.15 bits per heavy atom. The number of hydrogen-bond acceptors (Lipinski definition) is 4. The maximum absolute atomic E-state index is 12.1. The normalized spacial score (nSPS) is 17.4. The number of hydrogen-bond donors (Lipinski definition) is 3. The van der Waals surface area contributed by atoms with Gasteiger partial charge in [0, 0.05) is 25.3 Å². The molecule has 0 saturated heterocycles. The van der Waals surface area contributed by atoms with Gasteiger partial charge in [0.25, 0.3) is 0 Å². The van der Waals surface area contributed by atoms with Gasteiger partial charge in [-0.3, -0.25) is 4.79 Å². The number of amides is 1. The average molecular weight is 297 g/mol. The summed E-state index contributed by atoms with van der Waals surface area (Å²) >= 11 is 0. The Balaban J connectivity index is 1.88. The average Bonchev–Trinajstić information content (AvgIpc) is 2.82. The van der Waals surface area contributed by atoms with Gasteiger partial charge >= 0.3 is 0 Å². The number of carbonyl (C=O) groups excluding carboxylic acids is 1. The molecule has 2 rings (SSSR count). The van der Waals surface area contributed by atoms with E-state index in [-0.39, 0.29) is 24.1 Å². The zero-order valence-electron chi connectivity index (χ0n) is 11.3. The van der Waals surface area contributed by atoms with E-state index >= 15 is 0 Å². The molecule has 1 amide bonds. The Morgan fingerprint density at radius 3 is 2.90 bits per heavy atom. The lowest BCUT2D eigenvalue weighted by atomic mass is 10.0. The predicted octanol–water partition coefficient (Wildman–Crippen LogP) is 0.251. The summed E-state index contributed by atoms with van der Waals surface area (Å²) in [5.41, 5.74) is 1.92. The first kappa shape index (κ1) is 14.8. The fraction of sp³-hybridized carbons (Fsp3) is 0.462. The highest BCUT2D eigenvalue weighted by atomic mass is 32.2. The van der Waals surface area contributed by atoms with E-state index in [1.165, 1.54) is 0 Å². The molecule has 1 aromatic carbocycles. The minimum absolute atomic E-state index is 0.103. The van der Waals surface area contributed by atoms with Crippen molar-refractivity contribution in [2.75, 3.05) is 30.7 Å². The molecule has 0 aromatic heterocycles. The zero-order chi connectivity index (χ0) is 14.6. The number of para-hydroxylation sites is 1. The van der Waals surface area contributed by atoms with Crippen molar-refractivity contribution in [2.24, 2.45) is 0 Å². The predicted molar refractivity (Wildman–Crippen MR) is 78.1 cm³/mol. The molecule has 7 heteroatoms. The summed E-state index contributed by atoms with van der Waals surface area (Å²) in [4.78, 5) is 12.1. The Bertz CT molecular complexity index is 586. The quantitative estimate of drug-likeness (QED) is 0.702. The molecule has 0 bridgehead atoms. The lowest BCUT2D eigenvalue weighted by molar-refractivity contribution is -0.122. The van der Waals surface area contributed by atoms with E-state index in [0.717, 1.165) is 11.3 Å². The molecule has 3 N–H and O–H groups in total. The number of benzene rings is 1. The molecule has 1 unspecified atom stereocenters. The monoisotopic (exact) mass is 297 g/mol. The van der Waals surface area contributed by atoms with Crippen molar-refractivity contribution < 1.29 is 13.2 Å². The van der Waals surface area contributed by atoms with E-state index in [1.54, 1.807) is 6.92 Å². The highest BCUT2D eigenvalue weighted by Gasteiger charge is 2.27. The topological polar surface area (TPSA) is 87.3 Å². The van der Waals surface area contributed by atoms with Gasteiger partial charge in [0.2, 0.25) is 15.9 Å². The first-order chi connectivity index (χ1) is 9.53. The second kappa shape index (κ2) is 6.23. The van der Waals surface area contributed by atoms with E-state index in [9.17, 15) is 13.2 Å². The number of fused-ring (bicyclic) bond motifs is 1. The molecule has 1 aromatic rings. The largest absolute Gasteiger partial charge is 0.384 e. The first-order valence-electron chi connectivity index (χ1n) is 6.61. The van der Waals surface area contributed by atoms with E-state index < -0.39 is 10.0 Å². The standard InChI is InChI=1S/C13H19N3O3S/c1-2-16-20(18,19)8-7-14-13(17)11-9-15-12-6-4-3-5-10(11)12/h3-6,11,15-16H,2,7-9H2,1H3,(H,14,17). The van der Waals surface area contributed by atoms with Gasteiger partial charge < -0.3 is 10.6 Å². The highest BCUT2D eigenvalue weighted by molar-refractivity contribution is 7.89. The smallest absolute Gasteiger partial charge is 0.229 e. The van der Waals surface area contributed by atoms with Crippen molar-refractivity contribution in [1.82, 2.24) is 10.0 Å². The summed E-state index contributed by atoms with van der Waals surface area (Å²) in [6.45, 7) is 2.74.